The predicted octanol–water partition coefficient (Wildman–Crippen LogP) is 3.58. The zero-order valence-corrected chi connectivity index (χ0v) is 11.3. The number of benzene rings is 1. The summed E-state index contributed by atoms with van der Waals surface area (Å²) in [6.45, 7) is 4.67. The Morgan fingerprint density at radius 3 is 2.94 bits per heavy atom. The van der Waals surface area contributed by atoms with Crippen LogP contribution in [0.25, 0.3) is 10.6 Å². The fourth-order valence-corrected chi connectivity index (χ4v) is 2.52. The molecule has 2 rings (SSSR count). The van der Waals surface area contributed by atoms with Crippen molar-refractivity contribution in [2.45, 2.75) is 20.3 Å². The quantitative estimate of drug-likeness (QED) is 0.842. The number of hydrogen-bond donors (Lipinski definition) is 0. The van der Waals surface area contributed by atoms with E-state index in [1.54, 1.807) is 11.3 Å². The molecule has 4 heteroatoms. The number of ether oxygens (including phenoxy) is 1. The molecule has 0 saturated heterocycles. The van der Waals surface area contributed by atoms with E-state index in [1.807, 2.05) is 31.4 Å². The molecule has 0 saturated carbocycles. The number of rotatable bonds is 4. The summed E-state index contributed by atoms with van der Waals surface area (Å²) in [5.74, 6) is 0.912. The molecule has 0 aliphatic carbocycles. The van der Waals surface area contributed by atoms with Gasteiger partial charge in [-0.15, -0.1) is 11.3 Å². The molecular formula is C14H14N2OS. The van der Waals surface area contributed by atoms with Crippen molar-refractivity contribution in [3.63, 3.8) is 0 Å². The molecule has 0 radical (unpaired) electrons. The van der Waals surface area contributed by atoms with Crippen molar-refractivity contribution < 1.29 is 4.74 Å². The predicted molar refractivity (Wildman–Crippen MR) is 72.8 cm³/mol. The summed E-state index contributed by atoms with van der Waals surface area (Å²) in [6.07, 6.45) is 0.368. The van der Waals surface area contributed by atoms with E-state index in [0.29, 0.717) is 13.0 Å². The van der Waals surface area contributed by atoms with Gasteiger partial charge in [-0.2, -0.15) is 5.26 Å². The van der Waals surface area contributed by atoms with Crippen LogP contribution in [0.15, 0.2) is 23.6 Å². The van der Waals surface area contributed by atoms with Crippen molar-refractivity contribution in [3.05, 3.63) is 34.8 Å². The molecule has 0 aliphatic heterocycles. The maximum absolute atomic E-state index is 8.64. The van der Waals surface area contributed by atoms with Crippen LogP contribution in [0.3, 0.4) is 0 Å². The summed E-state index contributed by atoms with van der Waals surface area (Å²) in [5, 5.41) is 11.5. The third kappa shape index (κ3) is 2.69. The van der Waals surface area contributed by atoms with E-state index < -0.39 is 0 Å². The first-order valence-electron chi connectivity index (χ1n) is 5.79. The highest BCUT2D eigenvalue weighted by Crippen LogP contribution is 2.28. The van der Waals surface area contributed by atoms with Gasteiger partial charge in [-0.05, 0) is 37.6 Å². The van der Waals surface area contributed by atoms with Crippen molar-refractivity contribution in [2.75, 3.05) is 6.61 Å². The average Bonchev–Trinajstić information content (AvgIpc) is 2.81. The summed E-state index contributed by atoms with van der Waals surface area (Å²) in [4.78, 5) is 4.44. The Kier molecular flexibility index (Phi) is 3.96. The van der Waals surface area contributed by atoms with Crippen LogP contribution < -0.4 is 4.74 Å². The molecule has 0 fully saturated rings. The maximum atomic E-state index is 8.64. The van der Waals surface area contributed by atoms with Crippen molar-refractivity contribution in [1.82, 2.24) is 4.98 Å². The molecule has 2 aromatic rings. The van der Waals surface area contributed by atoms with Gasteiger partial charge in [-0.3, -0.25) is 0 Å². The van der Waals surface area contributed by atoms with E-state index in [2.05, 4.69) is 17.1 Å². The van der Waals surface area contributed by atoms with Crippen LogP contribution in [-0.2, 0) is 6.42 Å². The van der Waals surface area contributed by atoms with Crippen molar-refractivity contribution in [1.29, 1.82) is 5.26 Å². The number of nitriles is 1. The van der Waals surface area contributed by atoms with E-state index in [9.17, 15) is 0 Å². The van der Waals surface area contributed by atoms with Crippen LogP contribution in [0.4, 0.5) is 0 Å². The minimum atomic E-state index is 0.368. The monoisotopic (exact) mass is 258 g/mol. The van der Waals surface area contributed by atoms with Gasteiger partial charge in [0.1, 0.15) is 10.8 Å². The molecule has 0 aliphatic rings. The molecule has 0 N–H and O–H groups in total. The Morgan fingerprint density at radius 1 is 1.44 bits per heavy atom. The summed E-state index contributed by atoms with van der Waals surface area (Å²) in [6, 6.07) is 8.16. The molecule has 0 unspecified atom stereocenters. The van der Waals surface area contributed by atoms with Gasteiger partial charge >= 0.3 is 0 Å². The molecule has 0 atom stereocenters. The second-order valence-corrected chi connectivity index (χ2v) is 4.75. The van der Waals surface area contributed by atoms with Gasteiger partial charge in [0.2, 0.25) is 0 Å². The Bertz CT molecular complexity index is 584. The number of thiazole rings is 1. The van der Waals surface area contributed by atoms with Crippen LogP contribution in [-0.4, -0.2) is 11.6 Å². The van der Waals surface area contributed by atoms with Gasteiger partial charge in [-0.1, -0.05) is 0 Å². The Morgan fingerprint density at radius 2 is 2.28 bits per heavy atom. The van der Waals surface area contributed by atoms with Crippen LogP contribution in [0.1, 0.15) is 18.2 Å². The molecule has 0 bridgehead atoms. The highest BCUT2D eigenvalue weighted by molar-refractivity contribution is 7.13. The van der Waals surface area contributed by atoms with Crippen LogP contribution in [0.5, 0.6) is 5.75 Å². The highest BCUT2D eigenvalue weighted by Gasteiger charge is 2.07. The number of aromatic nitrogens is 1. The molecular weight excluding hydrogens is 244 g/mol. The molecule has 18 heavy (non-hydrogen) atoms. The smallest absolute Gasteiger partial charge is 0.123 e. The van der Waals surface area contributed by atoms with E-state index in [1.165, 1.54) is 0 Å². The highest BCUT2D eigenvalue weighted by atomic mass is 32.1. The molecule has 0 spiro atoms. The first kappa shape index (κ1) is 12.6. The minimum absolute atomic E-state index is 0.368. The summed E-state index contributed by atoms with van der Waals surface area (Å²) in [5.41, 5.74) is 3.01. The van der Waals surface area contributed by atoms with Gasteiger partial charge in [0, 0.05) is 10.9 Å². The van der Waals surface area contributed by atoms with Crippen molar-refractivity contribution >= 4 is 11.3 Å². The van der Waals surface area contributed by atoms with Gasteiger partial charge in [0.25, 0.3) is 0 Å². The summed E-state index contributed by atoms with van der Waals surface area (Å²) in [7, 11) is 0. The second-order valence-electron chi connectivity index (χ2n) is 3.89. The molecule has 1 aromatic carbocycles. The van der Waals surface area contributed by atoms with E-state index >= 15 is 0 Å². The SMILES string of the molecule is CCOc1ccc(-c2nc(CC#N)cs2)cc1C. The Hall–Kier alpha value is -1.86. The lowest BCUT2D eigenvalue weighted by Crippen LogP contribution is -1.94. The normalized spacial score (nSPS) is 10.1. The topological polar surface area (TPSA) is 45.9 Å². The first-order valence-corrected chi connectivity index (χ1v) is 6.67. The first-order chi connectivity index (χ1) is 8.74. The minimum Gasteiger partial charge on any atom is -0.494 e. The van der Waals surface area contributed by atoms with E-state index in [-0.39, 0.29) is 0 Å². The molecule has 3 nitrogen and oxygen atoms in total. The lowest BCUT2D eigenvalue weighted by atomic mass is 10.1. The second kappa shape index (κ2) is 5.65. The standard InChI is InChI=1S/C14H14N2OS/c1-3-17-13-5-4-11(8-10(13)2)14-16-12(6-7-15)9-18-14/h4-5,8-9H,3,6H2,1-2H3. The molecule has 0 amide bonds. The zero-order chi connectivity index (χ0) is 13.0. The van der Waals surface area contributed by atoms with Gasteiger partial charge < -0.3 is 4.74 Å². The fourth-order valence-electron chi connectivity index (χ4n) is 1.70. The summed E-state index contributed by atoms with van der Waals surface area (Å²) >= 11 is 1.57. The largest absolute Gasteiger partial charge is 0.494 e. The van der Waals surface area contributed by atoms with Crippen molar-refractivity contribution in [2.24, 2.45) is 0 Å². The maximum Gasteiger partial charge on any atom is 0.123 e. The van der Waals surface area contributed by atoms with E-state index in [4.69, 9.17) is 10.00 Å². The third-order valence-electron chi connectivity index (χ3n) is 2.53. The van der Waals surface area contributed by atoms with E-state index in [0.717, 1.165) is 27.6 Å². The third-order valence-corrected chi connectivity index (χ3v) is 3.47. The lowest BCUT2D eigenvalue weighted by Gasteiger charge is -2.07. The number of aryl methyl sites for hydroxylation is 1. The van der Waals surface area contributed by atoms with Gasteiger partial charge in [0.15, 0.2) is 0 Å². The molecule has 1 heterocycles. The number of nitrogens with zero attached hydrogens (tertiary/aromatic N) is 2. The number of hydrogen-bond acceptors (Lipinski definition) is 4. The zero-order valence-electron chi connectivity index (χ0n) is 10.4. The van der Waals surface area contributed by atoms with Crippen LogP contribution >= 0.6 is 11.3 Å². The van der Waals surface area contributed by atoms with Gasteiger partial charge in [-0.25, -0.2) is 4.98 Å². The van der Waals surface area contributed by atoms with Crippen molar-refractivity contribution in [3.8, 4) is 22.4 Å². The van der Waals surface area contributed by atoms with Crippen LogP contribution in [0, 0.1) is 18.3 Å². The fraction of sp³-hybridized carbons (Fsp3) is 0.286. The molecule has 1 aromatic heterocycles. The molecule has 92 valence electrons. The lowest BCUT2D eigenvalue weighted by molar-refractivity contribution is 0.338. The van der Waals surface area contributed by atoms with Crippen LogP contribution in [0.2, 0.25) is 0 Å². The average molecular weight is 258 g/mol. The summed E-state index contributed by atoms with van der Waals surface area (Å²) < 4.78 is 5.51. The van der Waals surface area contributed by atoms with Gasteiger partial charge in [0.05, 0.1) is 24.8 Å². The Labute approximate surface area is 111 Å². The Balaban J connectivity index is 2.28.